The molecule has 0 aliphatic rings. The number of carbonyl (C=O) groups excluding carboxylic acids is 6. The van der Waals surface area contributed by atoms with Crippen LogP contribution in [0, 0.1) is 0 Å². The molecule has 6 amide bonds. The van der Waals surface area contributed by atoms with Crippen LogP contribution in [0.3, 0.4) is 0 Å². The Bertz CT molecular complexity index is 1190. The van der Waals surface area contributed by atoms with Gasteiger partial charge in [0, 0.05) is 39.0 Å². The highest BCUT2D eigenvalue weighted by Gasteiger charge is 2.22. The molecule has 14 nitrogen and oxygen atoms in total. The Balaban J connectivity index is 4.88. The van der Waals surface area contributed by atoms with E-state index in [1.165, 1.54) is 77.0 Å². The normalized spacial score (nSPS) is 12.4. The standard InChI is InChI=1S/C52H100N6O8/c1-9-11-13-15-17-19-21-23-27-37-45(59)57-43(35-29-33-41-55-49(63)65-51(3,4)5)47(61)53-39-31-25-26-32-40-54-48(62)44(36-30-34-42-56-50(64)66-52(6,7)8)58-46(60)38-28-24-22-20-18-16-14-12-10-2/h43-44H,9-42H2,1-8H3,(H,53,61)(H,54,62)(H,55,63)(H,56,64)(H,57,59)(H,58,60). The fraction of sp³-hybridized carbons (Fsp3) is 0.885. The van der Waals surface area contributed by atoms with Crippen LogP contribution in [0.2, 0.25) is 0 Å². The maximum absolute atomic E-state index is 13.3. The molecule has 0 spiro atoms. The average molecular weight is 937 g/mol. The van der Waals surface area contributed by atoms with Gasteiger partial charge in [0.15, 0.2) is 0 Å². The predicted octanol–water partition coefficient (Wildman–Crippen LogP) is 11.0. The van der Waals surface area contributed by atoms with E-state index >= 15 is 0 Å². The van der Waals surface area contributed by atoms with E-state index in [-0.39, 0.29) is 23.6 Å². The second-order valence-electron chi connectivity index (χ2n) is 20.2. The first-order chi connectivity index (χ1) is 31.5. The lowest BCUT2D eigenvalue weighted by molar-refractivity contribution is -0.129. The number of nitrogens with one attached hydrogen (secondary N) is 6. The number of amides is 6. The van der Waals surface area contributed by atoms with Crippen molar-refractivity contribution < 1.29 is 38.2 Å². The quantitative estimate of drug-likeness (QED) is 0.0326. The number of unbranched alkanes of at least 4 members (excludes halogenated alkanes) is 21. The van der Waals surface area contributed by atoms with Crippen LogP contribution < -0.4 is 31.9 Å². The molecule has 0 aromatic heterocycles. The van der Waals surface area contributed by atoms with Crippen molar-refractivity contribution in [2.24, 2.45) is 0 Å². The van der Waals surface area contributed by atoms with Gasteiger partial charge in [0.05, 0.1) is 0 Å². The highest BCUT2D eigenvalue weighted by atomic mass is 16.6. The van der Waals surface area contributed by atoms with Crippen molar-refractivity contribution >= 4 is 35.8 Å². The van der Waals surface area contributed by atoms with E-state index in [0.717, 1.165) is 64.2 Å². The van der Waals surface area contributed by atoms with Crippen molar-refractivity contribution in [3.05, 3.63) is 0 Å². The minimum atomic E-state index is -0.646. The summed E-state index contributed by atoms with van der Waals surface area (Å²) in [5.74, 6) is -0.616. The second-order valence-corrected chi connectivity index (χ2v) is 20.2. The summed E-state index contributed by atoms with van der Waals surface area (Å²) in [5.41, 5.74) is -1.16. The van der Waals surface area contributed by atoms with E-state index < -0.39 is 35.5 Å². The molecule has 386 valence electrons. The lowest BCUT2D eigenvalue weighted by Crippen LogP contribution is -2.47. The lowest BCUT2D eigenvalue weighted by atomic mass is 10.1. The van der Waals surface area contributed by atoms with Crippen LogP contribution >= 0.6 is 0 Å². The summed E-state index contributed by atoms with van der Waals surface area (Å²) in [7, 11) is 0. The van der Waals surface area contributed by atoms with Crippen molar-refractivity contribution in [3.63, 3.8) is 0 Å². The molecule has 0 heterocycles. The molecule has 0 bridgehead atoms. The van der Waals surface area contributed by atoms with Gasteiger partial charge in [-0.3, -0.25) is 19.2 Å². The first kappa shape index (κ1) is 62.4. The molecule has 0 saturated carbocycles. The van der Waals surface area contributed by atoms with E-state index in [4.69, 9.17) is 9.47 Å². The summed E-state index contributed by atoms with van der Waals surface area (Å²) in [6, 6.07) is -1.29. The van der Waals surface area contributed by atoms with Gasteiger partial charge < -0.3 is 41.4 Å². The Morgan fingerprint density at radius 3 is 0.955 bits per heavy atom. The number of rotatable bonds is 41. The van der Waals surface area contributed by atoms with Gasteiger partial charge in [-0.2, -0.15) is 0 Å². The predicted molar refractivity (Wildman–Crippen MR) is 268 cm³/mol. The van der Waals surface area contributed by atoms with Crippen LogP contribution in [0.15, 0.2) is 0 Å². The topological polar surface area (TPSA) is 193 Å². The number of hydrogen-bond acceptors (Lipinski definition) is 8. The van der Waals surface area contributed by atoms with Crippen molar-refractivity contribution in [2.75, 3.05) is 26.2 Å². The summed E-state index contributed by atoms with van der Waals surface area (Å²) in [4.78, 5) is 76.5. The van der Waals surface area contributed by atoms with Crippen molar-refractivity contribution in [2.45, 2.75) is 271 Å². The van der Waals surface area contributed by atoms with Gasteiger partial charge in [-0.15, -0.1) is 0 Å². The molecule has 0 aromatic rings. The van der Waals surface area contributed by atoms with Gasteiger partial charge in [0.25, 0.3) is 0 Å². The van der Waals surface area contributed by atoms with E-state index in [0.29, 0.717) is 77.5 Å². The second kappa shape index (κ2) is 40.5. The van der Waals surface area contributed by atoms with Crippen LogP contribution in [-0.2, 0) is 28.7 Å². The molecule has 0 radical (unpaired) electrons. The Hall–Kier alpha value is -3.58. The van der Waals surface area contributed by atoms with Crippen LogP contribution in [0.25, 0.3) is 0 Å². The molecular weight excluding hydrogens is 837 g/mol. The molecule has 0 fully saturated rings. The zero-order valence-corrected chi connectivity index (χ0v) is 43.5. The van der Waals surface area contributed by atoms with E-state index in [9.17, 15) is 28.8 Å². The van der Waals surface area contributed by atoms with Gasteiger partial charge >= 0.3 is 12.2 Å². The molecule has 2 atom stereocenters. The van der Waals surface area contributed by atoms with E-state index in [2.05, 4.69) is 45.7 Å². The summed E-state index contributed by atoms with van der Waals surface area (Å²) in [5, 5.41) is 17.5. The Kier molecular flexibility index (Phi) is 38.3. The third-order valence-electron chi connectivity index (χ3n) is 11.2. The maximum Gasteiger partial charge on any atom is 0.407 e. The molecule has 66 heavy (non-hydrogen) atoms. The Morgan fingerprint density at radius 2 is 0.636 bits per heavy atom. The summed E-state index contributed by atoms with van der Waals surface area (Å²) in [6.07, 6.45) is 27.6. The first-order valence-electron chi connectivity index (χ1n) is 26.5. The van der Waals surface area contributed by atoms with Crippen LogP contribution in [0.4, 0.5) is 9.59 Å². The fourth-order valence-corrected chi connectivity index (χ4v) is 7.49. The first-order valence-corrected chi connectivity index (χ1v) is 26.5. The van der Waals surface area contributed by atoms with Gasteiger partial charge in [-0.1, -0.05) is 129 Å². The lowest BCUT2D eigenvalue weighted by Gasteiger charge is -2.20. The van der Waals surface area contributed by atoms with Gasteiger partial charge in [-0.05, 0) is 106 Å². The molecule has 0 aromatic carbocycles. The third kappa shape index (κ3) is 41.8. The van der Waals surface area contributed by atoms with Crippen LogP contribution in [0.1, 0.15) is 248 Å². The Morgan fingerprint density at radius 1 is 0.364 bits per heavy atom. The molecule has 14 heteroatoms. The van der Waals surface area contributed by atoms with Crippen molar-refractivity contribution in [1.29, 1.82) is 0 Å². The number of carbonyl (C=O) groups is 6. The van der Waals surface area contributed by atoms with Crippen molar-refractivity contribution in [1.82, 2.24) is 31.9 Å². The molecule has 2 unspecified atom stereocenters. The number of ether oxygens (including phenoxy) is 2. The van der Waals surface area contributed by atoms with E-state index in [1.54, 1.807) is 0 Å². The Labute approximate surface area is 402 Å². The third-order valence-corrected chi connectivity index (χ3v) is 11.2. The SMILES string of the molecule is CCCCCCCCCCCC(=O)NC(CCCCNC(=O)OC(C)(C)C)C(=O)NCCCCCCNC(=O)C(CCCCNC(=O)OC(C)(C)C)NC(=O)CCCCCCCCCCC. The van der Waals surface area contributed by atoms with Gasteiger partial charge in [-0.25, -0.2) is 9.59 Å². The highest BCUT2D eigenvalue weighted by Crippen LogP contribution is 2.14. The molecular formula is C52H100N6O8. The minimum absolute atomic E-state index is 0.108. The van der Waals surface area contributed by atoms with Gasteiger partial charge in [0.2, 0.25) is 23.6 Å². The van der Waals surface area contributed by atoms with Gasteiger partial charge in [0.1, 0.15) is 23.3 Å². The van der Waals surface area contributed by atoms with Crippen LogP contribution in [-0.4, -0.2) is 85.3 Å². The monoisotopic (exact) mass is 937 g/mol. The van der Waals surface area contributed by atoms with Crippen molar-refractivity contribution in [3.8, 4) is 0 Å². The summed E-state index contributed by atoms with van der Waals surface area (Å²) < 4.78 is 10.6. The molecule has 6 N–H and O–H groups in total. The molecule has 0 aliphatic carbocycles. The molecule has 0 aliphatic heterocycles. The molecule has 0 saturated heterocycles. The average Bonchev–Trinajstić information content (AvgIpc) is 3.23. The summed E-state index contributed by atoms with van der Waals surface area (Å²) in [6.45, 7) is 17.1. The minimum Gasteiger partial charge on any atom is -0.444 e. The summed E-state index contributed by atoms with van der Waals surface area (Å²) >= 11 is 0. The number of alkyl carbamates (subject to hydrolysis) is 2. The molecule has 0 rings (SSSR count). The van der Waals surface area contributed by atoms with E-state index in [1.807, 2.05) is 41.5 Å². The maximum atomic E-state index is 13.3. The smallest absolute Gasteiger partial charge is 0.407 e. The number of hydrogen-bond donors (Lipinski definition) is 6. The zero-order chi connectivity index (χ0) is 49.3. The fourth-order valence-electron chi connectivity index (χ4n) is 7.49. The van der Waals surface area contributed by atoms with Crippen LogP contribution in [0.5, 0.6) is 0 Å². The largest absolute Gasteiger partial charge is 0.444 e. The zero-order valence-electron chi connectivity index (χ0n) is 43.5. The highest BCUT2D eigenvalue weighted by molar-refractivity contribution is 5.88.